The molecule has 0 aliphatic carbocycles. The summed E-state index contributed by atoms with van der Waals surface area (Å²) in [5.74, 6) is 0.684. The van der Waals surface area contributed by atoms with Crippen LogP contribution in [0.15, 0.2) is 17.8 Å². The molecule has 0 saturated carbocycles. The van der Waals surface area contributed by atoms with Crippen molar-refractivity contribution in [3.05, 3.63) is 23.5 Å². The summed E-state index contributed by atoms with van der Waals surface area (Å²) >= 11 is 1.65. The fourth-order valence-corrected chi connectivity index (χ4v) is 2.75. The maximum Gasteiger partial charge on any atom is 0.193 e. The van der Waals surface area contributed by atoms with Gasteiger partial charge in [0.05, 0.1) is 18.9 Å². The summed E-state index contributed by atoms with van der Waals surface area (Å²) in [6.45, 7) is 3.70. The van der Waals surface area contributed by atoms with E-state index in [0.717, 1.165) is 30.4 Å². The van der Waals surface area contributed by atoms with Gasteiger partial charge in [-0.25, -0.2) is 4.98 Å². The summed E-state index contributed by atoms with van der Waals surface area (Å²) in [7, 11) is 0. The van der Waals surface area contributed by atoms with E-state index < -0.39 is 0 Å². The van der Waals surface area contributed by atoms with Crippen LogP contribution in [0.3, 0.4) is 0 Å². The van der Waals surface area contributed by atoms with Gasteiger partial charge >= 0.3 is 0 Å². The van der Waals surface area contributed by atoms with Crippen LogP contribution in [-0.4, -0.2) is 29.1 Å². The van der Waals surface area contributed by atoms with Crippen molar-refractivity contribution in [1.29, 1.82) is 0 Å². The predicted molar refractivity (Wildman–Crippen MR) is 63.7 cm³/mol. The van der Waals surface area contributed by atoms with Crippen LogP contribution in [0, 0.1) is 5.92 Å². The van der Waals surface area contributed by atoms with E-state index in [1.54, 1.807) is 11.3 Å². The Morgan fingerprint density at radius 2 is 2.62 bits per heavy atom. The van der Waals surface area contributed by atoms with Crippen molar-refractivity contribution in [1.82, 2.24) is 14.7 Å². The second-order valence-corrected chi connectivity index (χ2v) is 5.07. The SMILES string of the molecule is c1cn2cc(COCC3CCNC3)nc2s1. The number of hydrogen-bond donors (Lipinski definition) is 1. The zero-order valence-electron chi connectivity index (χ0n) is 9.06. The average Bonchev–Trinajstić information content (AvgIpc) is 2.91. The van der Waals surface area contributed by atoms with Crippen LogP contribution >= 0.6 is 11.3 Å². The van der Waals surface area contributed by atoms with Gasteiger partial charge in [0.1, 0.15) is 0 Å². The molecule has 0 radical (unpaired) electrons. The number of thiazole rings is 1. The Morgan fingerprint density at radius 1 is 1.62 bits per heavy atom. The normalized spacial score (nSPS) is 20.9. The number of rotatable bonds is 4. The van der Waals surface area contributed by atoms with Gasteiger partial charge in [-0.1, -0.05) is 0 Å². The second-order valence-electron chi connectivity index (χ2n) is 4.20. The van der Waals surface area contributed by atoms with Crippen LogP contribution in [0.25, 0.3) is 4.96 Å². The fraction of sp³-hybridized carbons (Fsp3) is 0.545. The van der Waals surface area contributed by atoms with Crippen molar-refractivity contribution < 1.29 is 4.74 Å². The molecule has 0 aromatic carbocycles. The van der Waals surface area contributed by atoms with Crippen molar-refractivity contribution in [3.8, 4) is 0 Å². The van der Waals surface area contributed by atoms with E-state index in [2.05, 4.69) is 10.3 Å². The minimum Gasteiger partial charge on any atom is -0.375 e. The monoisotopic (exact) mass is 237 g/mol. The molecule has 86 valence electrons. The predicted octanol–water partition coefficient (Wildman–Crippen LogP) is 1.52. The summed E-state index contributed by atoms with van der Waals surface area (Å²) in [5.41, 5.74) is 1.03. The standard InChI is InChI=1S/C11H15N3OS/c1-2-12-5-9(1)7-15-8-10-6-14-3-4-16-11(14)13-10/h3-4,6,9,12H,1-2,5,7-8H2. The zero-order valence-corrected chi connectivity index (χ0v) is 9.87. The Hall–Kier alpha value is -0.910. The van der Waals surface area contributed by atoms with E-state index in [-0.39, 0.29) is 0 Å². The third-order valence-electron chi connectivity index (χ3n) is 2.91. The molecule has 1 fully saturated rings. The molecular weight excluding hydrogens is 222 g/mol. The molecule has 5 heteroatoms. The largest absolute Gasteiger partial charge is 0.375 e. The highest BCUT2D eigenvalue weighted by atomic mass is 32.1. The first-order valence-corrected chi connectivity index (χ1v) is 6.49. The Kier molecular flexibility index (Phi) is 2.90. The number of fused-ring (bicyclic) bond motifs is 1. The lowest BCUT2D eigenvalue weighted by Crippen LogP contribution is -2.13. The number of nitrogens with one attached hydrogen (secondary N) is 1. The van der Waals surface area contributed by atoms with Crippen molar-refractivity contribution >= 4 is 16.3 Å². The number of aromatic nitrogens is 2. The first-order valence-electron chi connectivity index (χ1n) is 5.61. The Bertz CT molecular complexity index is 430. The van der Waals surface area contributed by atoms with Crippen molar-refractivity contribution in [2.75, 3.05) is 19.7 Å². The Morgan fingerprint density at radius 3 is 3.44 bits per heavy atom. The van der Waals surface area contributed by atoms with Crippen molar-refractivity contribution in [2.45, 2.75) is 13.0 Å². The van der Waals surface area contributed by atoms with Crippen molar-refractivity contribution in [2.24, 2.45) is 5.92 Å². The minimum atomic E-state index is 0.630. The van der Waals surface area contributed by atoms with Gasteiger partial charge in [0.15, 0.2) is 4.96 Å². The molecular formula is C11H15N3OS. The topological polar surface area (TPSA) is 38.6 Å². The highest BCUT2D eigenvalue weighted by Gasteiger charge is 2.14. The maximum absolute atomic E-state index is 5.69. The van der Waals surface area contributed by atoms with Gasteiger partial charge in [0.25, 0.3) is 0 Å². The van der Waals surface area contributed by atoms with E-state index in [0.29, 0.717) is 12.5 Å². The van der Waals surface area contributed by atoms with E-state index in [1.807, 2.05) is 22.2 Å². The first-order chi connectivity index (χ1) is 7.92. The van der Waals surface area contributed by atoms with Crippen LogP contribution in [0.5, 0.6) is 0 Å². The lowest BCUT2D eigenvalue weighted by Gasteiger charge is -2.07. The molecule has 1 unspecified atom stereocenters. The van der Waals surface area contributed by atoms with Gasteiger partial charge in [-0.3, -0.25) is 4.40 Å². The van der Waals surface area contributed by atoms with Crippen molar-refractivity contribution in [3.63, 3.8) is 0 Å². The molecule has 1 aliphatic heterocycles. The molecule has 1 N–H and O–H groups in total. The Labute approximate surface area is 98.3 Å². The second kappa shape index (κ2) is 4.53. The van der Waals surface area contributed by atoms with Crippen LogP contribution in [0.1, 0.15) is 12.1 Å². The van der Waals surface area contributed by atoms with E-state index in [9.17, 15) is 0 Å². The number of hydrogen-bond acceptors (Lipinski definition) is 4. The van der Waals surface area contributed by atoms with Crippen LogP contribution in [0.4, 0.5) is 0 Å². The lowest BCUT2D eigenvalue weighted by atomic mass is 10.1. The maximum atomic E-state index is 5.69. The number of imidazole rings is 1. The molecule has 16 heavy (non-hydrogen) atoms. The Balaban J connectivity index is 1.52. The first kappa shape index (κ1) is 10.3. The third kappa shape index (κ3) is 2.11. The van der Waals surface area contributed by atoms with Gasteiger partial charge in [0, 0.05) is 24.3 Å². The van der Waals surface area contributed by atoms with E-state index in [1.165, 1.54) is 6.42 Å². The summed E-state index contributed by atoms with van der Waals surface area (Å²) in [4.78, 5) is 5.52. The summed E-state index contributed by atoms with van der Waals surface area (Å²) in [6, 6.07) is 0. The molecule has 4 nitrogen and oxygen atoms in total. The fourth-order valence-electron chi connectivity index (χ4n) is 2.03. The van der Waals surface area contributed by atoms with Gasteiger partial charge in [0.2, 0.25) is 0 Å². The molecule has 0 bridgehead atoms. The van der Waals surface area contributed by atoms with Crippen LogP contribution in [-0.2, 0) is 11.3 Å². The highest BCUT2D eigenvalue weighted by molar-refractivity contribution is 7.15. The number of ether oxygens (including phenoxy) is 1. The van der Waals surface area contributed by atoms with Gasteiger partial charge in [-0.2, -0.15) is 0 Å². The van der Waals surface area contributed by atoms with Gasteiger partial charge in [-0.15, -0.1) is 11.3 Å². The molecule has 3 heterocycles. The summed E-state index contributed by atoms with van der Waals surface area (Å²) in [6.07, 6.45) is 5.30. The molecule has 0 spiro atoms. The van der Waals surface area contributed by atoms with Crippen LogP contribution < -0.4 is 5.32 Å². The van der Waals surface area contributed by atoms with Gasteiger partial charge < -0.3 is 10.1 Å². The summed E-state index contributed by atoms with van der Waals surface area (Å²) in [5, 5.41) is 5.38. The zero-order chi connectivity index (χ0) is 10.8. The van der Waals surface area contributed by atoms with Crippen LogP contribution in [0.2, 0.25) is 0 Å². The quantitative estimate of drug-likeness (QED) is 0.876. The highest BCUT2D eigenvalue weighted by Crippen LogP contribution is 2.13. The molecule has 1 saturated heterocycles. The summed E-state index contributed by atoms with van der Waals surface area (Å²) < 4.78 is 7.73. The molecule has 2 aromatic rings. The molecule has 0 amide bonds. The molecule has 1 aliphatic rings. The van der Waals surface area contributed by atoms with E-state index in [4.69, 9.17) is 4.74 Å². The minimum absolute atomic E-state index is 0.630. The molecule has 3 rings (SSSR count). The van der Waals surface area contributed by atoms with Gasteiger partial charge in [-0.05, 0) is 18.9 Å². The molecule has 1 atom stereocenters. The third-order valence-corrected chi connectivity index (χ3v) is 3.68. The van der Waals surface area contributed by atoms with E-state index >= 15 is 0 Å². The number of nitrogens with zero attached hydrogens (tertiary/aromatic N) is 2. The average molecular weight is 237 g/mol. The smallest absolute Gasteiger partial charge is 0.193 e. The molecule has 2 aromatic heterocycles. The lowest BCUT2D eigenvalue weighted by molar-refractivity contribution is 0.0905.